The lowest BCUT2D eigenvalue weighted by atomic mass is 10.1. The molecule has 0 saturated heterocycles. The fraction of sp³-hybridized carbons (Fsp3) is 0. The van der Waals surface area contributed by atoms with Crippen LogP contribution in [0.2, 0.25) is 0 Å². The van der Waals surface area contributed by atoms with Gasteiger partial charge in [0.25, 0.3) is 0 Å². The number of oxazole rings is 2. The molecule has 0 aliphatic carbocycles. The summed E-state index contributed by atoms with van der Waals surface area (Å²) in [6, 6.07) is 67.2. The van der Waals surface area contributed by atoms with Crippen LogP contribution < -0.4 is 9.80 Å². The normalized spacial score (nSPS) is 11.5. The van der Waals surface area contributed by atoms with Gasteiger partial charge in [-0.2, -0.15) is 0 Å². The number of para-hydroxylation sites is 6. The van der Waals surface area contributed by atoms with Crippen LogP contribution in [0.1, 0.15) is 0 Å². The van der Waals surface area contributed by atoms with Gasteiger partial charge in [0.2, 0.25) is 11.8 Å². The summed E-state index contributed by atoms with van der Waals surface area (Å²) in [5, 5.41) is 2.44. The highest BCUT2D eigenvalue weighted by molar-refractivity contribution is 7.25. The lowest BCUT2D eigenvalue weighted by Crippen LogP contribution is -2.09. The maximum absolute atomic E-state index is 6.08. The van der Waals surface area contributed by atoms with E-state index in [1.54, 1.807) is 0 Å². The zero-order chi connectivity index (χ0) is 37.7. The third-order valence-electron chi connectivity index (χ3n) is 10.3. The second kappa shape index (κ2) is 13.7. The molecule has 11 rings (SSSR count). The highest BCUT2D eigenvalue weighted by Crippen LogP contribution is 2.44. The number of hydrogen-bond donors (Lipinski definition) is 0. The van der Waals surface area contributed by atoms with Gasteiger partial charge in [-0.3, -0.25) is 0 Å². The minimum absolute atomic E-state index is 0.613. The minimum atomic E-state index is 0.613. The van der Waals surface area contributed by atoms with Crippen molar-refractivity contribution in [2.24, 2.45) is 0 Å². The molecule has 0 aliphatic heterocycles. The Morgan fingerprint density at radius 2 is 0.789 bits per heavy atom. The summed E-state index contributed by atoms with van der Waals surface area (Å²) in [5.74, 6) is 1.23. The first-order valence-corrected chi connectivity index (χ1v) is 19.6. The third-order valence-corrected chi connectivity index (χ3v) is 11.4. The standard InChI is InChI=1S/C50H32N4O2S/c1-3-11-35(12-4-1)53(37-23-19-33(20-24-37)49-51-43-15-7-9-17-45(43)55-49)39-28-30-47-42(31-39)41-29-27-40(32-48(41)57-47)54(36-13-5-2-6-14-36)38-25-21-34(22-26-38)50-52-44-16-8-10-18-46(44)56-50/h1-32H. The topological polar surface area (TPSA) is 58.5 Å². The molecular formula is C50H32N4O2S. The number of aromatic nitrogens is 2. The molecule has 0 fully saturated rings. The SMILES string of the molecule is c1ccc(N(c2ccc(-c3nc4ccccc4o3)cc2)c2ccc3c(c2)sc2ccc(N(c4ccccc4)c4ccc(-c5nc6ccccc6o5)cc4)cc23)cc1. The van der Waals surface area contributed by atoms with Gasteiger partial charge in [0.05, 0.1) is 0 Å². The van der Waals surface area contributed by atoms with Gasteiger partial charge >= 0.3 is 0 Å². The van der Waals surface area contributed by atoms with Crippen molar-refractivity contribution < 1.29 is 8.83 Å². The van der Waals surface area contributed by atoms with Crippen molar-refractivity contribution in [2.45, 2.75) is 0 Å². The van der Waals surface area contributed by atoms with Crippen LogP contribution in [0.4, 0.5) is 34.1 Å². The van der Waals surface area contributed by atoms with E-state index in [1.807, 2.05) is 59.9 Å². The fourth-order valence-electron chi connectivity index (χ4n) is 7.58. The number of anilines is 6. The van der Waals surface area contributed by atoms with Crippen LogP contribution in [0.25, 0.3) is 65.3 Å². The molecular weight excluding hydrogens is 721 g/mol. The van der Waals surface area contributed by atoms with Gasteiger partial charge in [-0.05, 0) is 127 Å². The average Bonchev–Trinajstić information content (AvgIpc) is 4.01. The van der Waals surface area contributed by atoms with Crippen molar-refractivity contribution in [3.05, 3.63) is 194 Å². The molecule has 8 aromatic carbocycles. The van der Waals surface area contributed by atoms with Crippen molar-refractivity contribution in [3.63, 3.8) is 0 Å². The molecule has 11 aromatic rings. The Morgan fingerprint density at radius 3 is 1.32 bits per heavy atom. The highest BCUT2D eigenvalue weighted by atomic mass is 32.1. The lowest BCUT2D eigenvalue weighted by molar-refractivity contribution is 0.619. The molecule has 57 heavy (non-hydrogen) atoms. The number of fused-ring (bicyclic) bond motifs is 5. The summed E-state index contributed by atoms with van der Waals surface area (Å²) in [7, 11) is 0. The summed E-state index contributed by atoms with van der Waals surface area (Å²) >= 11 is 1.82. The van der Waals surface area contributed by atoms with Crippen LogP contribution in [0, 0.1) is 0 Å². The zero-order valence-electron chi connectivity index (χ0n) is 30.5. The quantitative estimate of drug-likeness (QED) is 0.154. The van der Waals surface area contributed by atoms with Crippen molar-refractivity contribution in [1.82, 2.24) is 9.97 Å². The van der Waals surface area contributed by atoms with E-state index < -0.39 is 0 Å². The van der Waals surface area contributed by atoms with Gasteiger partial charge in [-0.25, -0.2) is 9.97 Å². The van der Waals surface area contributed by atoms with E-state index in [1.165, 1.54) is 20.2 Å². The number of nitrogens with zero attached hydrogens (tertiary/aromatic N) is 4. The van der Waals surface area contributed by atoms with E-state index in [4.69, 9.17) is 18.8 Å². The summed E-state index contributed by atoms with van der Waals surface area (Å²) in [5.41, 5.74) is 11.5. The van der Waals surface area contributed by atoms with E-state index in [2.05, 4.69) is 155 Å². The summed E-state index contributed by atoms with van der Waals surface area (Å²) < 4.78 is 14.6. The molecule has 0 saturated carbocycles. The van der Waals surface area contributed by atoms with Gasteiger partial charge in [-0.1, -0.05) is 66.7 Å². The molecule has 7 heteroatoms. The van der Waals surface area contributed by atoms with E-state index in [0.717, 1.165) is 67.5 Å². The molecule has 0 unspecified atom stereocenters. The van der Waals surface area contributed by atoms with Crippen LogP contribution >= 0.6 is 11.3 Å². The molecule has 0 atom stereocenters. The number of thiophene rings is 1. The molecule has 3 aromatic heterocycles. The van der Waals surface area contributed by atoms with Crippen molar-refractivity contribution in [2.75, 3.05) is 9.80 Å². The minimum Gasteiger partial charge on any atom is -0.436 e. The fourth-order valence-corrected chi connectivity index (χ4v) is 8.70. The van der Waals surface area contributed by atoms with Crippen LogP contribution in [-0.2, 0) is 0 Å². The third kappa shape index (κ3) is 5.98. The van der Waals surface area contributed by atoms with Gasteiger partial charge in [-0.15, -0.1) is 11.3 Å². The Kier molecular flexibility index (Phi) is 7.89. The van der Waals surface area contributed by atoms with Crippen molar-refractivity contribution >= 4 is 87.8 Å². The smallest absolute Gasteiger partial charge is 0.227 e. The number of benzene rings is 8. The first-order chi connectivity index (χ1) is 28.2. The Bertz CT molecular complexity index is 3120. The van der Waals surface area contributed by atoms with E-state index >= 15 is 0 Å². The van der Waals surface area contributed by atoms with Crippen LogP contribution in [0.15, 0.2) is 203 Å². The van der Waals surface area contributed by atoms with Crippen LogP contribution in [-0.4, -0.2) is 9.97 Å². The monoisotopic (exact) mass is 752 g/mol. The molecule has 0 N–H and O–H groups in total. The predicted octanol–water partition coefficient (Wildman–Crippen LogP) is 14.6. The second-order valence-electron chi connectivity index (χ2n) is 13.9. The largest absolute Gasteiger partial charge is 0.436 e. The Morgan fingerprint density at radius 1 is 0.351 bits per heavy atom. The molecule has 0 spiro atoms. The van der Waals surface area contributed by atoms with Gasteiger partial charge < -0.3 is 18.6 Å². The summed E-state index contributed by atoms with van der Waals surface area (Å²) in [6.07, 6.45) is 0. The second-order valence-corrected chi connectivity index (χ2v) is 15.0. The Labute approximate surface area is 332 Å². The molecule has 0 amide bonds. The number of rotatable bonds is 8. The Balaban J connectivity index is 0.959. The predicted molar refractivity (Wildman–Crippen MR) is 235 cm³/mol. The van der Waals surface area contributed by atoms with E-state index in [9.17, 15) is 0 Å². The van der Waals surface area contributed by atoms with Crippen molar-refractivity contribution in [3.8, 4) is 22.9 Å². The molecule has 0 radical (unpaired) electrons. The molecule has 0 aliphatic rings. The van der Waals surface area contributed by atoms with Crippen LogP contribution in [0.5, 0.6) is 0 Å². The molecule has 6 nitrogen and oxygen atoms in total. The highest BCUT2D eigenvalue weighted by Gasteiger charge is 2.19. The van der Waals surface area contributed by atoms with Crippen LogP contribution in [0.3, 0.4) is 0 Å². The first kappa shape index (κ1) is 32.9. The van der Waals surface area contributed by atoms with Gasteiger partial charge in [0, 0.05) is 65.4 Å². The van der Waals surface area contributed by atoms with Crippen molar-refractivity contribution in [1.29, 1.82) is 0 Å². The lowest BCUT2D eigenvalue weighted by Gasteiger charge is -2.26. The summed E-state index contributed by atoms with van der Waals surface area (Å²) in [6.45, 7) is 0. The van der Waals surface area contributed by atoms with E-state index in [-0.39, 0.29) is 0 Å². The zero-order valence-corrected chi connectivity index (χ0v) is 31.3. The van der Waals surface area contributed by atoms with Gasteiger partial charge in [0.1, 0.15) is 11.0 Å². The first-order valence-electron chi connectivity index (χ1n) is 18.8. The van der Waals surface area contributed by atoms with E-state index in [0.29, 0.717) is 11.8 Å². The maximum atomic E-state index is 6.08. The molecule has 0 bridgehead atoms. The maximum Gasteiger partial charge on any atom is 0.227 e. The van der Waals surface area contributed by atoms with Gasteiger partial charge in [0.15, 0.2) is 11.2 Å². The Hall–Kier alpha value is -7.48. The summed E-state index contributed by atoms with van der Waals surface area (Å²) in [4.78, 5) is 14.0. The average molecular weight is 753 g/mol. The molecule has 270 valence electrons. The molecule has 3 heterocycles. The number of hydrogen-bond acceptors (Lipinski definition) is 7.